The lowest BCUT2D eigenvalue weighted by Gasteiger charge is -2.22. The number of ether oxygens (including phenoxy) is 2. The highest BCUT2D eigenvalue weighted by atomic mass is 32.2. The molecule has 0 aliphatic heterocycles. The van der Waals surface area contributed by atoms with Crippen LogP contribution < -0.4 is 4.74 Å². The number of carbonyl (C=O) groups is 2. The summed E-state index contributed by atoms with van der Waals surface area (Å²) in [4.78, 5) is 31.7. The van der Waals surface area contributed by atoms with Crippen LogP contribution in [0.15, 0.2) is 129 Å². The van der Waals surface area contributed by atoms with Crippen LogP contribution >= 0.6 is 23.5 Å². The second-order valence-electron chi connectivity index (χ2n) is 13.4. The summed E-state index contributed by atoms with van der Waals surface area (Å²) >= 11 is 3.03. The van der Waals surface area contributed by atoms with Crippen molar-refractivity contribution in [3.63, 3.8) is 0 Å². The van der Waals surface area contributed by atoms with E-state index in [0.29, 0.717) is 35.5 Å². The fourth-order valence-electron chi connectivity index (χ4n) is 6.41. The third-order valence-electron chi connectivity index (χ3n) is 9.36. The van der Waals surface area contributed by atoms with E-state index in [1.165, 1.54) is 67.8 Å². The van der Waals surface area contributed by atoms with E-state index in [1.54, 1.807) is 23.9 Å². The van der Waals surface area contributed by atoms with E-state index >= 15 is 0 Å². The zero-order valence-corrected chi connectivity index (χ0v) is 32.0. The normalized spacial score (nSPS) is 12.1. The van der Waals surface area contributed by atoms with Crippen molar-refractivity contribution in [1.29, 1.82) is 0 Å². The molecule has 0 N–H and O–H groups in total. The third-order valence-corrected chi connectivity index (χ3v) is 11.5. The van der Waals surface area contributed by atoms with Gasteiger partial charge in [-0.25, -0.2) is 0 Å². The van der Waals surface area contributed by atoms with Crippen LogP contribution in [-0.2, 0) is 24.4 Å². The molecular weight excluding hydrogens is 681 g/mol. The van der Waals surface area contributed by atoms with E-state index in [1.807, 2.05) is 48.5 Å². The average Bonchev–Trinajstić information content (AvgIpc) is 3.17. The lowest BCUT2D eigenvalue weighted by atomic mass is 9.84. The molecule has 0 spiro atoms. The Morgan fingerprint density at radius 2 is 1.00 bits per heavy atom. The molecule has 5 aromatic carbocycles. The van der Waals surface area contributed by atoms with E-state index in [2.05, 4.69) is 62.4 Å². The molecule has 5 aromatic rings. The van der Waals surface area contributed by atoms with Crippen LogP contribution in [-0.4, -0.2) is 18.2 Å². The first-order chi connectivity index (χ1) is 25.5. The summed E-state index contributed by atoms with van der Waals surface area (Å²) in [6.07, 6.45) is 10.9. The van der Waals surface area contributed by atoms with Crippen molar-refractivity contribution in [1.82, 2.24) is 0 Å². The van der Waals surface area contributed by atoms with Gasteiger partial charge in [0.25, 0.3) is 0 Å². The Bertz CT molecular complexity index is 1930. The number of fused-ring (bicyclic) bond motifs is 2. The van der Waals surface area contributed by atoms with Crippen LogP contribution in [0.25, 0.3) is 0 Å². The Labute approximate surface area is 317 Å². The Morgan fingerprint density at radius 1 is 0.500 bits per heavy atom. The molecule has 0 saturated heterocycles. The largest absolute Gasteiger partial charge is 0.489 e. The van der Waals surface area contributed by atoms with E-state index in [-0.39, 0.29) is 11.6 Å². The Kier molecular flexibility index (Phi) is 13.8. The van der Waals surface area contributed by atoms with E-state index in [9.17, 15) is 9.59 Å². The second-order valence-corrected chi connectivity index (χ2v) is 15.6. The van der Waals surface area contributed by atoms with Crippen LogP contribution in [0.2, 0.25) is 0 Å². The number of aryl methyl sites for hydroxylation is 1. The van der Waals surface area contributed by atoms with Crippen molar-refractivity contribution < 1.29 is 19.1 Å². The number of ketones is 2. The fourth-order valence-corrected chi connectivity index (χ4v) is 8.36. The SMILES string of the molecule is CCCCCCCOCc1ccc(COc2ccc(Sc3cccc4c3C(=O)c3cccc(Sc5ccc(CCCCC)cc5)c3C4=O)cc2)cc1. The standard InChI is InChI=1S/C46H48O4S2/c1-3-5-7-8-10-30-49-31-34-18-20-35(21-19-34)32-50-36-24-28-38(29-25-36)52-42-17-12-15-40-44(42)46(48)39-14-11-16-41(43(39)45(40)47)51-37-26-22-33(23-27-37)13-9-6-4-2/h11-12,14-29H,3-10,13,30-32H2,1-2H3. The van der Waals surface area contributed by atoms with Gasteiger partial charge in [-0.1, -0.05) is 137 Å². The molecule has 1 aliphatic rings. The summed E-state index contributed by atoms with van der Waals surface area (Å²) in [7, 11) is 0. The Balaban J connectivity index is 1.06. The molecule has 268 valence electrons. The van der Waals surface area contributed by atoms with Crippen molar-refractivity contribution in [2.45, 2.75) is 104 Å². The lowest BCUT2D eigenvalue weighted by molar-refractivity contribution is 0.0974. The molecule has 0 amide bonds. The van der Waals surface area contributed by atoms with Crippen molar-refractivity contribution >= 4 is 35.1 Å². The van der Waals surface area contributed by atoms with Gasteiger partial charge in [0, 0.05) is 48.4 Å². The van der Waals surface area contributed by atoms with Gasteiger partial charge in [-0.2, -0.15) is 0 Å². The summed E-state index contributed by atoms with van der Waals surface area (Å²) in [5, 5.41) is 0. The second kappa shape index (κ2) is 19.1. The molecule has 52 heavy (non-hydrogen) atoms. The molecule has 1 aliphatic carbocycles. The highest BCUT2D eigenvalue weighted by Gasteiger charge is 2.33. The predicted octanol–water partition coefficient (Wildman–Crippen LogP) is 12.6. The minimum absolute atomic E-state index is 0.103. The minimum Gasteiger partial charge on any atom is -0.489 e. The maximum atomic E-state index is 14.0. The predicted molar refractivity (Wildman–Crippen MR) is 213 cm³/mol. The molecular formula is C46H48O4S2. The summed E-state index contributed by atoms with van der Waals surface area (Å²) in [6, 6.07) is 36.0. The topological polar surface area (TPSA) is 52.6 Å². The summed E-state index contributed by atoms with van der Waals surface area (Å²) in [5.74, 6) is 0.557. The number of carbonyl (C=O) groups excluding carboxylic acids is 2. The van der Waals surface area contributed by atoms with Gasteiger partial charge >= 0.3 is 0 Å². The molecule has 0 aromatic heterocycles. The van der Waals surface area contributed by atoms with Crippen molar-refractivity contribution in [2.24, 2.45) is 0 Å². The first-order valence-electron chi connectivity index (χ1n) is 18.7. The number of rotatable bonds is 19. The van der Waals surface area contributed by atoms with Crippen molar-refractivity contribution in [3.05, 3.63) is 148 Å². The maximum Gasteiger partial charge on any atom is 0.195 e. The third kappa shape index (κ3) is 9.86. The number of unbranched alkanes of at least 4 members (excludes halogenated alkanes) is 6. The average molecular weight is 729 g/mol. The highest BCUT2D eigenvalue weighted by molar-refractivity contribution is 7.99. The van der Waals surface area contributed by atoms with E-state index in [4.69, 9.17) is 9.47 Å². The maximum absolute atomic E-state index is 14.0. The lowest BCUT2D eigenvalue weighted by Crippen LogP contribution is -2.22. The van der Waals surface area contributed by atoms with Gasteiger partial charge in [-0.05, 0) is 84.5 Å². The summed E-state index contributed by atoms with van der Waals surface area (Å²) < 4.78 is 11.9. The fraction of sp³-hybridized carbons (Fsp3) is 0.304. The molecule has 0 bridgehead atoms. The van der Waals surface area contributed by atoms with Gasteiger partial charge in [0.15, 0.2) is 11.6 Å². The van der Waals surface area contributed by atoms with E-state index in [0.717, 1.165) is 50.3 Å². The van der Waals surface area contributed by atoms with Gasteiger partial charge < -0.3 is 9.47 Å². The number of hydrogen-bond donors (Lipinski definition) is 0. The van der Waals surface area contributed by atoms with Crippen LogP contribution in [0.3, 0.4) is 0 Å². The molecule has 0 heterocycles. The van der Waals surface area contributed by atoms with Gasteiger partial charge in [-0.15, -0.1) is 0 Å². The Hall–Kier alpha value is -4.10. The van der Waals surface area contributed by atoms with Gasteiger partial charge in [0.1, 0.15) is 12.4 Å². The molecule has 0 unspecified atom stereocenters. The molecule has 6 rings (SSSR count). The monoisotopic (exact) mass is 728 g/mol. The van der Waals surface area contributed by atoms with Crippen LogP contribution in [0.1, 0.15) is 114 Å². The van der Waals surface area contributed by atoms with Crippen LogP contribution in [0, 0.1) is 0 Å². The minimum atomic E-state index is -0.110. The first-order valence-corrected chi connectivity index (χ1v) is 20.4. The van der Waals surface area contributed by atoms with Crippen LogP contribution in [0.4, 0.5) is 0 Å². The van der Waals surface area contributed by atoms with Crippen LogP contribution in [0.5, 0.6) is 5.75 Å². The summed E-state index contributed by atoms with van der Waals surface area (Å²) in [5.41, 5.74) is 5.49. The van der Waals surface area contributed by atoms with Gasteiger partial charge in [-0.3, -0.25) is 9.59 Å². The first kappa shape index (κ1) is 37.7. The molecule has 0 atom stereocenters. The Morgan fingerprint density at radius 3 is 1.58 bits per heavy atom. The molecule has 6 heteroatoms. The number of hydrogen-bond acceptors (Lipinski definition) is 6. The molecule has 0 fully saturated rings. The highest BCUT2D eigenvalue weighted by Crippen LogP contribution is 2.41. The zero-order valence-electron chi connectivity index (χ0n) is 30.3. The molecule has 0 saturated carbocycles. The van der Waals surface area contributed by atoms with E-state index < -0.39 is 0 Å². The van der Waals surface area contributed by atoms with Crippen molar-refractivity contribution in [3.8, 4) is 5.75 Å². The molecule has 0 radical (unpaired) electrons. The molecule has 4 nitrogen and oxygen atoms in total. The van der Waals surface area contributed by atoms with Gasteiger partial charge in [0.05, 0.1) is 6.61 Å². The smallest absolute Gasteiger partial charge is 0.195 e. The number of benzene rings is 5. The summed E-state index contributed by atoms with van der Waals surface area (Å²) in [6.45, 7) is 6.37. The van der Waals surface area contributed by atoms with Gasteiger partial charge in [0.2, 0.25) is 0 Å². The zero-order chi connectivity index (χ0) is 36.1. The van der Waals surface area contributed by atoms with Crippen molar-refractivity contribution in [2.75, 3.05) is 6.61 Å². The quantitative estimate of drug-likeness (QED) is 0.0774.